The zero-order valence-electron chi connectivity index (χ0n) is 13.9. The molecule has 0 aliphatic rings. The van der Waals surface area contributed by atoms with Crippen LogP contribution in [0.25, 0.3) is 11.3 Å². The van der Waals surface area contributed by atoms with Gasteiger partial charge >= 0.3 is 0 Å². The minimum Gasteiger partial charge on any atom is -0.493 e. The molecule has 1 heterocycles. The Hall–Kier alpha value is -1.96. The van der Waals surface area contributed by atoms with Gasteiger partial charge < -0.3 is 14.2 Å². The van der Waals surface area contributed by atoms with Crippen LogP contribution >= 0.6 is 11.3 Å². The number of carbonyl (C=O) groups is 1. The molecule has 0 unspecified atom stereocenters. The lowest BCUT2D eigenvalue weighted by molar-refractivity contribution is -0.121. The first-order chi connectivity index (χ1) is 11.7. The van der Waals surface area contributed by atoms with Gasteiger partial charge in [0.2, 0.25) is 0 Å². The highest BCUT2D eigenvalue weighted by molar-refractivity contribution is 7.14. The van der Waals surface area contributed by atoms with Gasteiger partial charge in [0.1, 0.15) is 12.4 Å². The maximum absolute atomic E-state index is 11.8. The largest absolute Gasteiger partial charge is 0.493 e. The number of aromatic nitrogens is 1. The van der Waals surface area contributed by atoms with Crippen LogP contribution in [-0.4, -0.2) is 43.9 Å². The van der Waals surface area contributed by atoms with Crippen molar-refractivity contribution in [1.29, 1.82) is 0 Å². The van der Waals surface area contributed by atoms with E-state index in [1.54, 1.807) is 0 Å². The molecule has 0 saturated carbocycles. The maximum Gasteiger partial charge on any atom is 0.252 e. The molecule has 0 aliphatic carbocycles. The van der Waals surface area contributed by atoms with Gasteiger partial charge in [-0.25, -0.2) is 4.98 Å². The Labute approximate surface area is 145 Å². The number of nitrogens with zero attached hydrogens (tertiary/aromatic N) is 1. The average molecular weight is 350 g/mol. The normalized spacial score (nSPS) is 10.6. The van der Waals surface area contributed by atoms with Crippen LogP contribution in [0.3, 0.4) is 0 Å². The van der Waals surface area contributed by atoms with E-state index in [4.69, 9.17) is 14.2 Å². The minimum absolute atomic E-state index is 0.0163. The lowest BCUT2D eigenvalue weighted by Gasteiger charge is -2.07. The number of hydrogen-bond donors (Lipinski definition) is 1. The van der Waals surface area contributed by atoms with Crippen LogP contribution in [0.15, 0.2) is 29.6 Å². The van der Waals surface area contributed by atoms with E-state index >= 15 is 0 Å². The minimum atomic E-state index is -0.231. The zero-order valence-corrected chi connectivity index (χ0v) is 14.7. The molecule has 0 atom stereocenters. The van der Waals surface area contributed by atoms with Gasteiger partial charge in [0.15, 0.2) is 5.13 Å². The second kappa shape index (κ2) is 10.0. The van der Waals surface area contributed by atoms with Crippen LogP contribution in [0.5, 0.6) is 5.75 Å². The fraction of sp³-hybridized carbons (Fsp3) is 0.412. The number of amides is 1. The summed E-state index contributed by atoms with van der Waals surface area (Å²) in [5, 5.41) is 5.17. The van der Waals surface area contributed by atoms with E-state index in [0.29, 0.717) is 31.6 Å². The van der Waals surface area contributed by atoms with Crippen LogP contribution in [0.1, 0.15) is 13.8 Å². The molecule has 1 aromatic carbocycles. The first-order valence-electron chi connectivity index (χ1n) is 7.87. The third kappa shape index (κ3) is 5.59. The van der Waals surface area contributed by atoms with Crippen molar-refractivity contribution in [3.05, 3.63) is 29.6 Å². The van der Waals surface area contributed by atoms with Gasteiger partial charge in [-0.05, 0) is 26.0 Å². The van der Waals surface area contributed by atoms with Crippen molar-refractivity contribution in [1.82, 2.24) is 4.98 Å². The summed E-state index contributed by atoms with van der Waals surface area (Å²) in [7, 11) is 0. The summed E-state index contributed by atoms with van der Waals surface area (Å²) in [6.45, 7) is 5.94. The molecule has 1 N–H and O–H groups in total. The van der Waals surface area contributed by atoms with Gasteiger partial charge in [-0.3, -0.25) is 10.1 Å². The van der Waals surface area contributed by atoms with Crippen molar-refractivity contribution in [2.24, 2.45) is 0 Å². The number of ether oxygens (including phenoxy) is 3. The van der Waals surface area contributed by atoms with E-state index in [-0.39, 0.29) is 12.5 Å². The molecule has 0 bridgehead atoms. The molecule has 6 nitrogen and oxygen atoms in total. The van der Waals surface area contributed by atoms with Crippen molar-refractivity contribution < 1.29 is 19.0 Å². The zero-order chi connectivity index (χ0) is 17.2. The summed E-state index contributed by atoms with van der Waals surface area (Å²) in [5.74, 6) is 0.549. The van der Waals surface area contributed by atoms with Crippen molar-refractivity contribution in [2.45, 2.75) is 13.8 Å². The van der Waals surface area contributed by atoms with Gasteiger partial charge in [0.25, 0.3) is 5.91 Å². The highest BCUT2D eigenvalue weighted by Crippen LogP contribution is 2.32. The van der Waals surface area contributed by atoms with E-state index in [2.05, 4.69) is 10.3 Å². The lowest BCUT2D eigenvalue weighted by atomic mass is 10.1. The average Bonchev–Trinajstić information content (AvgIpc) is 3.04. The molecule has 0 aliphatic heterocycles. The SMILES string of the molecule is CCOCCOCC(=O)Nc1nc(-c2ccccc2OCC)cs1. The quantitative estimate of drug-likeness (QED) is 0.666. The summed E-state index contributed by atoms with van der Waals surface area (Å²) < 4.78 is 16.0. The van der Waals surface area contributed by atoms with Gasteiger partial charge in [0.05, 0.1) is 25.5 Å². The Morgan fingerprint density at radius 1 is 1.17 bits per heavy atom. The van der Waals surface area contributed by atoms with Crippen LogP contribution in [0.4, 0.5) is 5.13 Å². The van der Waals surface area contributed by atoms with Crippen LogP contribution < -0.4 is 10.1 Å². The van der Waals surface area contributed by atoms with E-state index in [1.165, 1.54) is 11.3 Å². The molecule has 24 heavy (non-hydrogen) atoms. The highest BCUT2D eigenvalue weighted by Gasteiger charge is 2.11. The summed E-state index contributed by atoms with van der Waals surface area (Å²) >= 11 is 1.37. The summed E-state index contributed by atoms with van der Waals surface area (Å²) in [6.07, 6.45) is 0. The van der Waals surface area contributed by atoms with Gasteiger partial charge in [0, 0.05) is 17.6 Å². The number of rotatable bonds is 10. The number of para-hydroxylation sites is 1. The number of benzene rings is 1. The lowest BCUT2D eigenvalue weighted by Crippen LogP contribution is -2.19. The fourth-order valence-electron chi connectivity index (χ4n) is 2.00. The molecule has 2 rings (SSSR count). The molecule has 2 aromatic rings. The Morgan fingerprint density at radius 2 is 1.96 bits per heavy atom. The first-order valence-corrected chi connectivity index (χ1v) is 8.75. The highest BCUT2D eigenvalue weighted by atomic mass is 32.1. The van der Waals surface area contributed by atoms with Gasteiger partial charge in [-0.15, -0.1) is 11.3 Å². The fourth-order valence-corrected chi connectivity index (χ4v) is 2.72. The molecule has 0 spiro atoms. The Balaban J connectivity index is 1.90. The predicted octanol–water partition coefficient (Wildman–Crippen LogP) is 3.20. The number of nitrogens with one attached hydrogen (secondary N) is 1. The number of hydrogen-bond acceptors (Lipinski definition) is 6. The van der Waals surface area contributed by atoms with Gasteiger partial charge in [-0.2, -0.15) is 0 Å². The van der Waals surface area contributed by atoms with Crippen LogP contribution in [-0.2, 0) is 14.3 Å². The van der Waals surface area contributed by atoms with Crippen molar-refractivity contribution in [2.75, 3.05) is 38.4 Å². The van der Waals surface area contributed by atoms with E-state index in [0.717, 1.165) is 17.0 Å². The third-order valence-electron chi connectivity index (χ3n) is 3.02. The second-order valence-corrected chi connectivity index (χ2v) is 5.62. The summed E-state index contributed by atoms with van der Waals surface area (Å²) in [6, 6.07) is 7.70. The molecular weight excluding hydrogens is 328 g/mol. The Morgan fingerprint density at radius 3 is 2.75 bits per heavy atom. The molecule has 1 aromatic heterocycles. The Bertz CT molecular complexity index is 645. The van der Waals surface area contributed by atoms with Crippen LogP contribution in [0, 0.1) is 0 Å². The molecule has 130 valence electrons. The standard InChI is InChI=1S/C17H22N2O4S/c1-3-21-9-10-22-11-16(20)19-17-18-14(12-24-17)13-7-5-6-8-15(13)23-4-2/h5-8,12H,3-4,9-11H2,1-2H3,(H,18,19,20). The predicted molar refractivity (Wildman–Crippen MR) is 94.7 cm³/mol. The van der Waals surface area contributed by atoms with Crippen molar-refractivity contribution in [3.8, 4) is 17.0 Å². The number of thiazole rings is 1. The maximum atomic E-state index is 11.8. The third-order valence-corrected chi connectivity index (χ3v) is 3.78. The smallest absolute Gasteiger partial charge is 0.252 e. The van der Waals surface area contributed by atoms with E-state index in [9.17, 15) is 4.79 Å². The molecule has 0 saturated heterocycles. The summed E-state index contributed by atoms with van der Waals surface area (Å²) in [5.41, 5.74) is 1.68. The Kier molecular flexibility index (Phi) is 7.67. The first kappa shape index (κ1) is 18.4. The molecule has 0 fully saturated rings. The van der Waals surface area contributed by atoms with Crippen molar-refractivity contribution >= 4 is 22.4 Å². The molecule has 1 amide bonds. The van der Waals surface area contributed by atoms with Gasteiger partial charge in [-0.1, -0.05) is 12.1 Å². The molecule has 0 radical (unpaired) electrons. The molecular formula is C17H22N2O4S. The van der Waals surface area contributed by atoms with Crippen LogP contribution in [0.2, 0.25) is 0 Å². The van der Waals surface area contributed by atoms with E-state index in [1.807, 2.05) is 43.5 Å². The summed E-state index contributed by atoms with van der Waals surface area (Å²) in [4.78, 5) is 16.3. The van der Waals surface area contributed by atoms with Crippen molar-refractivity contribution in [3.63, 3.8) is 0 Å². The topological polar surface area (TPSA) is 69.7 Å². The monoisotopic (exact) mass is 350 g/mol. The molecule has 7 heteroatoms. The second-order valence-electron chi connectivity index (χ2n) is 4.76. The van der Waals surface area contributed by atoms with E-state index < -0.39 is 0 Å². The number of carbonyl (C=O) groups excluding carboxylic acids is 1. The number of anilines is 1.